The molecule has 0 aliphatic carbocycles. The summed E-state index contributed by atoms with van der Waals surface area (Å²) < 4.78 is 5.56. The Morgan fingerprint density at radius 3 is 2.72 bits per heavy atom. The van der Waals surface area contributed by atoms with E-state index in [1.807, 2.05) is 24.3 Å². The van der Waals surface area contributed by atoms with E-state index in [9.17, 15) is 0 Å². The minimum atomic E-state index is 0.143. The van der Waals surface area contributed by atoms with E-state index >= 15 is 0 Å². The van der Waals surface area contributed by atoms with Crippen LogP contribution in [0, 0.1) is 11.3 Å². The first-order chi connectivity index (χ1) is 14.2. The number of hydrogen-bond donors (Lipinski definition) is 1. The second kappa shape index (κ2) is 8.55. The lowest BCUT2D eigenvalue weighted by Crippen LogP contribution is -2.52. The summed E-state index contributed by atoms with van der Waals surface area (Å²) in [6.45, 7) is 7.64. The van der Waals surface area contributed by atoms with Gasteiger partial charge in [0.2, 0.25) is 0 Å². The molecule has 8 heteroatoms. The molecule has 2 aliphatic heterocycles. The Hall–Kier alpha value is -3.02. The maximum Gasteiger partial charge on any atom is 0.167 e. The summed E-state index contributed by atoms with van der Waals surface area (Å²) in [5.74, 6) is 1.65. The predicted molar refractivity (Wildman–Crippen MR) is 112 cm³/mol. The zero-order valence-electron chi connectivity index (χ0n) is 16.6. The molecule has 1 aromatic carbocycles. The van der Waals surface area contributed by atoms with Crippen LogP contribution in [0.25, 0.3) is 11.3 Å². The lowest BCUT2D eigenvalue weighted by Gasteiger charge is -2.39. The molecule has 29 heavy (non-hydrogen) atoms. The summed E-state index contributed by atoms with van der Waals surface area (Å²) in [6.07, 6.45) is 0. The fourth-order valence-electron chi connectivity index (χ4n) is 3.81. The highest BCUT2D eigenvalue weighted by atomic mass is 16.5. The average molecular weight is 391 g/mol. The van der Waals surface area contributed by atoms with Crippen molar-refractivity contribution < 1.29 is 4.52 Å². The Bertz CT molecular complexity index is 963. The summed E-state index contributed by atoms with van der Waals surface area (Å²) in [4.78, 5) is 13.8. The second-order valence-electron chi connectivity index (χ2n) is 7.25. The van der Waals surface area contributed by atoms with Gasteiger partial charge in [0.15, 0.2) is 5.76 Å². The Balaban J connectivity index is 1.41. The number of nitriles is 1. The zero-order chi connectivity index (χ0) is 20.2. The number of nitrogens with two attached hydrogens (primary N) is 1. The van der Waals surface area contributed by atoms with E-state index < -0.39 is 0 Å². The van der Waals surface area contributed by atoms with Crippen molar-refractivity contribution in [2.75, 3.05) is 45.8 Å². The molecule has 3 heterocycles. The molecule has 0 saturated carbocycles. The van der Waals surface area contributed by atoms with Crippen molar-refractivity contribution in [1.82, 2.24) is 15.0 Å². The first-order valence-corrected chi connectivity index (χ1v) is 9.94. The molecule has 1 saturated heterocycles. The van der Waals surface area contributed by atoms with Gasteiger partial charge in [0.25, 0.3) is 0 Å². The van der Waals surface area contributed by atoms with E-state index in [-0.39, 0.29) is 6.04 Å². The summed E-state index contributed by atoms with van der Waals surface area (Å²) in [5, 5.41) is 13.4. The zero-order valence-corrected chi connectivity index (χ0v) is 16.6. The Morgan fingerprint density at radius 1 is 1.17 bits per heavy atom. The summed E-state index contributed by atoms with van der Waals surface area (Å²) in [7, 11) is 0. The van der Waals surface area contributed by atoms with Gasteiger partial charge in [0.1, 0.15) is 11.5 Å². The standard InChI is InChI=1S/C21H25N7O/c1-15(18-12-20(29-26-18)17-4-2-3-16(11-17)13-22)27-7-9-28(10-8-27)21-19(14-23)24-5-6-25-21/h2-4,11-12,15H,5-10,14,23H2,1H3. The van der Waals surface area contributed by atoms with E-state index in [1.165, 1.54) is 0 Å². The number of rotatable bonds is 4. The van der Waals surface area contributed by atoms with Gasteiger partial charge < -0.3 is 15.2 Å². The number of piperazine rings is 1. The maximum absolute atomic E-state index is 9.09. The number of aliphatic imine (C=N–C) groups is 2. The van der Waals surface area contributed by atoms with Gasteiger partial charge in [-0.05, 0) is 19.1 Å². The molecule has 4 rings (SSSR count). The number of nitrogens with zero attached hydrogens (tertiary/aromatic N) is 6. The molecule has 150 valence electrons. The third kappa shape index (κ3) is 4.06. The quantitative estimate of drug-likeness (QED) is 0.850. The maximum atomic E-state index is 9.09. The Kier molecular flexibility index (Phi) is 5.69. The van der Waals surface area contributed by atoms with Crippen LogP contribution in [0.5, 0.6) is 0 Å². The summed E-state index contributed by atoms with van der Waals surface area (Å²) >= 11 is 0. The lowest BCUT2D eigenvalue weighted by molar-refractivity contribution is 0.137. The van der Waals surface area contributed by atoms with Crippen LogP contribution in [0.3, 0.4) is 0 Å². The van der Waals surface area contributed by atoms with E-state index in [0.717, 1.165) is 62.1 Å². The Morgan fingerprint density at radius 2 is 1.97 bits per heavy atom. The SMILES string of the molecule is CC(c1cc(-c2cccc(C#N)c2)on1)N1CCN(C2=NCCN=C2CN)CC1. The molecule has 1 unspecified atom stereocenters. The van der Waals surface area contributed by atoms with Crippen molar-refractivity contribution in [3.8, 4) is 17.4 Å². The van der Waals surface area contributed by atoms with Crippen LogP contribution in [-0.2, 0) is 0 Å². The van der Waals surface area contributed by atoms with Gasteiger partial charge in [-0.2, -0.15) is 5.26 Å². The fourth-order valence-corrected chi connectivity index (χ4v) is 3.81. The second-order valence-corrected chi connectivity index (χ2v) is 7.25. The summed E-state index contributed by atoms with van der Waals surface area (Å²) in [5.41, 5.74) is 9.12. The molecule has 2 aliphatic rings. The molecule has 1 fully saturated rings. The van der Waals surface area contributed by atoms with Crippen LogP contribution in [-0.4, -0.2) is 72.3 Å². The number of aromatic nitrogens is 1. The van der Waals surface area contributed by atoms with E-state index in [2.05, 4.69) is 37.9 Å². The van der Waals surface area contributed by atoms with Gasteiger partial charge >= 0.3 is 0 Å². The van der Waals surface area contributed by atoms with Crippen LogP contribution in [0.2, 0.25) is 0 Å². The van der Waals surface area contributed by atoms with E-state index in [4.69, 9.17) is 15.5 Å². The highest BCUT2D eigenvalue weighted by Gasteiger charge is 2.27. The molecule has 2 N–H and O–H groups in total. The first-order valence-electron chi connectivity index (χ1n) is 9.94. The van der Waals surface area contributed by atoms with Crippen molar-refractivity contribution in [1.29, 1.82) is 5.26 Å². The van der Waals surface area contributed by atoms with Crippen molar-refractivity contribution in [3.05, 3.63) is 41.6 Å². The highest BCUT2D eigenvalue weighted by Crippen LogP contribution is 2.27. The van der Waals surface area contributed by atoms with Gasteiger partial charge in [0.05, 0.1) is 36.5 Å². The van der Waals surface area contributed by atoms with E-state index in [1.54, 1.807) is 6.07 Å². The third-order valence-electron chi connectivity index (χ3n) is 5.51. The number of benzene rings is 1. The molecule has 1 aromatic heterocycles. The van der Waals surface area contributed by atoms with Crippen LogP contribution in [0.15, 0.2) is 44.8 Å². The van der Waals surface area contributed by atoms with Crippen molar-refractivity contribution in [2.24, 2.45) is 15.7 Å². The smallest absolute Gasteiger partial charge is 0.167 e. The average Bonchev–Trinajstić information content (AvgIpc) is 3.29. The third-order valence-corrected chi connectivity index (χ3v) is 5.51. The first kappa shape index (κ1) is 19.3. The molecule has 0 spiro atoms. The molecular formula is C21H25N7O. The Labute approximate surface area is 170 Å². The highest BCUT2D eigenvalue weighted by molar-refractivity contribution is 6.42. The van der Waals surface area contributed by atoms with Crippen molar-refractivity contribution >= 4 is 11.5 Å². The largest absolute Gasteiger partial charge is 0.356 e. The molecule has 0 radical (unpaired) electrons. The number of hydrogen-bond acceptors (Lipinski definition) is 8. The van der Waals surface area contributed by atoms with Crippen molar-refractivity contribution in [2.45, 2.75) is 13.0 Å². The van der Waals surface area contributed by atoms with Gasteiger partial charge in [-0.1, -0.05) is 17.3 Å². The van der Waals surface area contributed by atoms with Gasteiger partial charge in [-0.3, -0.25) is 14.9 Å². The minimum Gasteiger partial charge on any atom is -0.356 e. The normalized spacial score (nSPS) is 18.7. The van der Waals surface area contributed by atoms with Crippen LogP contribution in [0.1, 0.15) is 24.2 Å². The fraction of sp³-hybridized carbons (Fsp3) is 0.429. The lowest BCUT2D eigenvalue weighted by atomic mass is 10.1. The van der Waals surface area contributed by atoms with Crippen LogP contribution < -0.4 is 5.73 Å². The van der Waals surface area contributed by atoms with E-state index in [0.29, 0.717) is 17.9 Å². The molecule has 2 aromatic rings. The van der Waals surface area contributed by atoms with Crippen LogP contribution >= 0.6 is 0 Å². The molecular weight excluding hydrogens is 366 g/mol. The molecule has 0 bridgehead atoms. The molecule has 1 atom stereocenters. The van der Waals surface area contributed by atoms with Crippen molar-refractivity contribution in [3.63, 3.8) is 0 Å². The van der Waals surface area contributed by atoms with Crippen LogP contribution in [0.4, 0.5) is 0 Å². The number of amidine groups is 1. The minimum absolute atomic E-state index is 0.143. The van der Waals surface area contributed by atoms with Gasteiger partial charge in [0, 0.05) is 44.4 Å². The van der Waals surface area contributed by atoms with Gasteiger partial charge in [-0.25, -0.2) is 0 Å². The molecule has 8 nitrogen and oxygen atoms in total. The van der Waals surface area contributed by atoms with Gasteiger partial charge in [-0.15, -0.1) is 0 Å². The summed E-state index contributed by atoms with van der Waals surface area (Å²) in [6, 6.07) is 11.6. The molecule has 0 amide bonds. The predicted octanol–water partition coefficient (Wildman–Crippen LogP) is 1.70. The topological polar surface area (TPSA) is 107 Å². The monoisotopic (exact) mass is 391 g/mol.